The van der Waals surface area contributed by atoms with Crippen molar-refractivity contribution in [3.05, 3.63) is 42.2 Å². The van der Waals surface area contributed by atoms with E-state index < -0.39 is 5.97 Å². The summed E-state index contributed by atoms with van der Waals surface area (Å²) in [6.07, 6.45) is 3.12. The summed E-state index contributed by atoms with van der Waals surface area (Å²) in [4.78, 5) is 14.7. The average Bonchev–Trinajstić information content (AvgIpc) is 2.38. The van der Waals surface area contributed by atoms with Crippen LogP contribution in [0.5, 0.6) is 11.5 Å². The molecule has 5 heteroatoms. The molecule has 2 aromatic rings. The summed E-state index contributed by atoms with van der Waals surface area (Å²) in [5.74, 6) is -0.625. The van der Waals surface area contributed by atoms with E-state index >= 15 is 0 Å². The number of hydrogen-bond acceptors (Lipinski definition) is 4. The number of pyridine rings is 1. The molecule has 0 aliphatic rings. The lowest BCUT2D eigenvalue weighted by molar-refractivity contribution is 0.0696. The van der Waals surface area contributed by atoms with Crippen molar-refractivity contribution < 1.29 is 19.7 Å². The number of aromatic hydroxyl groups is 1. The van der Waals surface area contributed by atoms with Crippen molar-refractivity contribution in [3.63, 3.8) is 0 Å². The Balaban J connectivity index is 2.47. The maximum atomic E-state index is 10.8. The minimum Gasteiger partial charge on any atom is -0.507 e. The Morgan fingerprint density at radius 2 is 2.06 bits per heavy atom. The highest BCUT2D eigenvalue weighted by Gasteiger charge is 2.10. The molecule has 0 fully saturated rings. The zero-order valence-electron chi connectivity index (χ0n) is 9.62. The normalized spacial score (nSPS) is 10.1. The molecule has 1 aromatic heterocycles. The molecule has 0 amide bonds. The van der Waals surface area contributed by atoms with Gasteiger partial charge in [0.15, 0.2) is 0 Å². The van der Waals surface area contributed by atoms with Gasteiger partial charge in [-0.05, 0) is 24.3 Å². The Bertz CT molecular complexity index is 595. The largest absolute Gasteiger partial charge is 0.507 e. The van der Waals surface area contributed by atoms with Crippen LogP contribution < -0.4 is 4.74 Å². The van der Waals surface area contributed by atoms with Gasteiger partial charge in [0.1, 0.15) is 11.5 Å². The SMILES string of the molecule is COc1cncc(-c2ccc(C(=O)O)cc2O)c1. The summed E-state index contributed by atoms with van der Waals surface area (Å²) in [5.41, 5.74) is 1.20. The van der Waals surface area contributed by atoms with E-state index in [0.717, 1.165) is 0 Å². The van der Waals surface area contributed by atoms with Gasteiger partial charge in [-0.3, -0.25) is 4.98 Å². The third-order valence-corrected chi connectivity index (χ3v) is 2.50. The molecule has 0 aliphatic heterocycles. The van der Waals surface area contributed by atoms with E-state index in [9.17, 15) is 9.90 Å². The minimum absolute atomic E-state index is 0.0344. The lowest BCUT2D eigenvalue weighted by Gasteiger charge is -2.07. The Morgan fingerprint density at radius 3 is 2.67 bits per heavy atom. The van der Waals surface area contributed by atoms with Crippen molar-refractivity contribution in [1.82, 2.24) is 4.98 Å². The molecule has 2 rings (SSSR count). The Labute approximate surface area is 103 Å². The van der Waals surface area contributed by atoms with Gasteiger partial charge in [0.25, 0.3) is 0 Å². The van der Waals surface area contributed by atoms with Gasteiger partial charge in [-0.1, -0.05) is 0 Å². The number of hydrogen-bond donors (Lipinski definition) is 2. The number of aromatic carboxylic acids is 1. The maximum Gasteiger partial charge on any atom is 0.335 e. The molecule has 1 heterocycles. The van der Waals surface area contributed by atoms with Gasteiger partial charge in [-0.15, -0.1) is 0 Å². The molecule has 0 aliphatic carbocycles. The molecule has 0 unspecified atom stereocenters. The summed E-state index contributed by atoms with van der Waals surface area (Å²) < 4.78 is 5.04. The molecular formula is C13H11NO4. The maximum absolute atomic E-state index is 10.8. The van der Waals surface area contributed by atoms with E-state index in [2.05, 4.69) is 4.98 Å². The van der Waals surface area contributed by atoms with Crippen LogP contribution in [0.3, 0.4) is 0 Å². The lowest BCUT2D eigenvalue weighted by Crippen LogP contribution is -1.95. The van der Waals surface area contributed by atoms with Gasteiger partial charge >= 0.3 is 5.97 Å². The van der Waals surface area contributed by atoms with Crippen LogP contribution in [0.25, 0.3) is 11.1 Å². The summed E-state index contributed by atoms with van der Waals surface area (Å²) in [6.45, 7) is 0. The molecule has 0 saturated heterocycles. The first kappa shape index (κ1) is 11.9. The molecule has 0 radical (unpaired) electrons. The fourth-order valence-corrected chi connectivity index (χ4v) is 1.59. The molecule has 0 spiro atoms. The van der Waals surface area contributed by atoms with Crippen molar-refractivity contribution in [2.75, 3.05) is 7.11 Å². The highest BCUT2D eigenvalue weighted by Crippen LogP contribution is 2.31. The number of ether oxygens (including phenoxy) is 1. The lowest BCUT2D eigenvalue weighted by atomic mass is 10.0. The van der Waals surface area contributed by atoms with Crippen LogP contribution >= 0.6 is 0 Å². The van der Waals surface area contributed by atoms with E-state index in [1.165, 1.54) is 25.3 Å². The standard InChI is InChI=1S/C13H11NO4/c1-18-10-4-9(6-14-7-10)11-3-2-8(13(16)17)5-12(11)15/h2-7,15H,1H3,(H,16,17). The third kappa shape index (κ3) is 2.24. The monoisotopic (exact) mass is 245 g/mol. The van der Waals surface area contributed by atoms with Crippen LogP contribution in [0, 0.1) is 0 Å². The van der Waals surface area contributed by atoms with Crippen LogP contribution in [0.15, 0.2) is 36.7 Å². The predicted molar refractivity (Wildman–Crippen MR) is 64.8 cm³/mol. The Morgan fingerprint density at radius 1 is 1.28 bits per heavy atom. The summed E-state index contributed by atoms with van der Waals surface area (Å²) in [5, 5.41) is 18.6. The minimum atomic E-state index is -1.08. The number of phenols is 1. The van der Waals surface area contributed by atoms with Crippen LogP contribution in [-0.2, 0) is 0 Å². The summed E-state index contributed by atoms with van der Waals surface area (Å²) in [6, 6.07) is 5.88. The number of carboxylic acids is 1. The van der Waals surface area contributed by atoms with E-state index in [4.69, 9.17) is 9.84 Å². The first-order chi connectivity index (χ1) is 8.61. The van der Waals surface area contributed by atoms with Gasteiger partial charge in [0.2, 0.25) is 0 Å². The summed E-state index contributed by atoms with van der Waals surface area (Å²) >= 11 is 0. The number of aromatic nitrogens is 1. The van der Waals surface area contributed by atoms with Crippen molar-refractivity contribution in [1.29, 1.82) is 0 Å². The van der Waals surface area contributed by atoms with Gasteiger partial charge in [0, 0.05) is 17.3 Å². The van der Waals surface area contributed by atoms with E-state index in [0.29, 0.717) is 16.9 Å². The van der Waals surface area contributed by atoms with Gasteiger partial charge in [0.05, 0.1) is 18.9 Å². The van der Waals surface area contributed by atoms with Crippen LogP contribution in [-0.4, -0.2) is 28.3 Å². The zero-order valence-corrected chi connectivity index (χ0v) is 9.62. The first-order valence-corrected chi connectivity index (χ1v) is 5.17. The van der Waals surface area contributed by atoms with Crippen molar-refractivity contribution in [3.8, 4) is 22.6 Å². The number of carbonyl (C=O) groups is 1. The molecule has 0 atom stereocenters. The number of nitrogens with zero attached hydrogens (tertiary/aromatic N) is 1. The second-order valence-electron chi connectivity index (χ2n) is 3.65. The topological polar surface area (TPSA) is 79.7 Å². The van der Waals surface area contributed by atoms with E-state index in [1.807, 2.05) is 0 Å². The molecule has 0 bridgehead atoms. The summed E-state index contributed by atoms with van der Waals surface area (Å²) in [7, 11) is 1.52. The molecule has 5 nitrogen and oxygen atoms in total. The molecule has 2 N–H and O–H groups in total. The van der Waals surface area contributed by atoms with Gasteiger partial charge in [-0.2, -0.15) is 0 Å². The fourth-order valence-electron chi connectivity index (χ4n) is 1.59. The number of methoxy groups -OCH3 is 1. The van der Waals surface area contributed by atoms with Crippen LogP contribution in [0.4, 0.5) is 0 Å². The fraction of sp³-hybridized carbons (Fsp3) is 0.0769. The van der Waals surface area contributed by atoms with Gasteiger partial charge in [-0.25, -0.2) is 4.79 Å². The van der Waals surface area contributed by atoms with Gasteiger partial charge < -0.3 is 14.9 Å². The Kier molecular flexibility index (Phi) is 3.14. The number of phenolic OH excluding ortho intramolecular Hbond substituents is 1. The number of rotatable bonds is 3. The van der Waals surface area contributed by atoms with Crippen LogP contribution in [0.1, 0.15) is 10.4 Å². The first-order valence-electron chi connectivity index (χ1n) is 5.17. The molecule has 1 aromatic carbocycles. The number of carboxylic acid groups (broad SMARTS) is 1. The predicted octanol–water partition coefficient (Wildman–Crippen LogP) is 2.16. The molecule has 92 valence electrons. The zero-order chi connectivity index (χ0) is 13.1. The Hall–Kier alpha value is -2.56. The van der Waals surface area contributed by atoms with Crippen LogP contribution in [0.2, 0.25) is 0 Å². The second-order valence-corrected chi connectivity index (χ2v) is 3.65. The third-order valence-electron chi connectivity index (χ3n) is 2.50. The highest BCUT2D eigenvalue weighted by molar-refractivity contribution is 5.89. The molecular weight excluding hydrogens is 234 g/mol. The quantitative estimate of drug-likeness (QED) is 0.866. The van der Waals surface area contributed by atoms with Crippen molar-refractivity contribution in [2.45, 2.75) is 0 Å². The van der Waals surface area contributed by atoms with E-state index in [-0.39, 0.29) is 11.3 Å². The van der Waals surface area contributed by atoms with Crippen molar-refractivity contribution in [2.24, 2.45) is 0 Å². The highest BCUT2D eigenvalue weighted by atomic mass is 16.5. The van der Waals surface area contributed by atoms with E-state index in [1.54, 1.807) is 18.5 Å². The van der Waals surface area contributed by atoms with Crippen molar-refractivity contribution >= 4 is 5.97 Å². The smallest absolute Gasteiger partial charge is 0.335 e. The number of benzene rings is 1. The molecule has 18 heavy (non-hydrogen) atoms. The second kappa shape index (κ2) is 4.75. The average molecular weight is 245 g/mol. The molecule has 0 saturated carbocycles.